The number of carboxylic acid groups (broad SMARTS) is 1. The second-order valence-electron chi connectivity index (χ2n) is 5.39. The van der Waals surface area contributed by atoms with Crippen molar-refractivity contribution in [3.63, 3.8) is 0 Å². The van der Waals surface area contributed by atoms with E-state index in [0.717, 1.165) is 12.8 Å². The molecule has 1 amide bonds. The molecule has 0 spiro atoms. The molecule has 2 N–H and O–H groups in total. The first-order chi connectivity index (χ1) is 10.5. The van der Waals surface area contributed by atoms with E-state index >= 15 is 0 Å². The molecule has 1 saturated carbocycles. The van der Waals surface area contributed by atoms with Gasteiger partial charge in [-0.15, -0.1) is 0 Å². The number of benzene rings is 1. The number of hydrogen-bond acceptors (Lipinski definition) is 4. The Morgan fingerprint density at radius 1 is 1.14 bits per heavy atom. The lowest BCUT2D eigenvalue weighted by Gasteiger charge is -2.17. The lowest BCUT2D eigenvalue weighted by atomic mass is 10.0. The maximum atomic E-state index is 12.5. The second-order valence-corrected chi connectivity index (χ2v) is 5.39. The summed E-state index contributed by atoms with van der Waals surface area (Å²) in [6.07, 6.45) is 4.84. The molecule has 0 unspecified atom stereocenters. The minimum atomic E-state index is -1.04. The molecule has 6 heteroatoms. The van der Waals surface area contributed by atoms with Crippen molar-refractivity contribution >= 4 is 11.9 Å². The summed E-state index contributed by atoms with van der Waals surface area (Å²) >= 11 is 0. The van der Waals surface area contributed by atoms with Crippen LogP contribution in [0.2, 0.25) is 0 Å². The molecule has 0 radical (unpaired) electrons. The Kier molecular flexibility index (Phi) is 3.36. The fourth-order valence-corrected chi connectivity index (χ4v) is 2.47. The van der Waals surface area contributed by atoms with Crippen molar-refractivity contribution < 1.29 is 14.7 Å². The molecule has 0 atom stereocenters. The summed E-state index contributed by atoms with van der Waals surface area (Å²) in [4.78, 5) is 32.1. The van der Waals surface area contributed by atoms with E-state index in [9.17, 15) is 9.59 Å². The Balaban J connectivity index is 1.87. The Hall–Kier alpha value is -2.76. The van der Waals surface area contributed by atoms with E-state index in [-0.39, 0.29) is 11.5 Å². The van der Waals surface area contributed by atoms with Crippen molar-refractivity contribution in [3.8, 4) is 0 Å². The predicted octanol–water partition coefficient (Wildman–Crippen LogP) is 1.90. The monoisotopic (exact) mass is 297 g/mol. The molecule has 1 aromatic carbocycles. The van der Waals surface area contributed by atoms with E-state index in [4.69, 9.17) is 5.11 Å². The van der Waals surface area contributed by atoms with E-state index in [1.807, 2.05) is 0 Å². The van der Waals surface area contributed by atoms with Crippen LogP contribution >= 0.6 is 0 Å². The van der Waals surface area contributed by atoms with Gasteiger partial charge >= 0.3 is 5.97 Å². The van der Waals surface area contributed by atoms with E-state index in [2.05, 4.69) is 15.3 Å². The molecular formula is C16H15N3O3. The molecule has 1 aliphatic rings. The summed E-state index contributed by atoms with van der Waals surface area (Å²) in [6.45, 7) is 1.64. The van der Waals surface area contributed by atoms with E-state index in [1.54, 1.807) is 37.5 Å². The van der Waals surface area contributed by atoms with Gasteiger partial charge in [0.15, 0.2) is 5.82 Å². The summed E-state index contributed by atoms with van der Waals surface area (Å²) < 4.78 is 0. The first-order valence-electron chi connectivity index (χ1n) is 6.96. The highest BCUT2D eigenvalue weighted by atomic mass is 16.4. The van der Waals surface area contributed by atoms with Gasteiger partial charge in [-0.3, -0.25) is 4.79 Å². The van der Waals surface area contributed by atoms with Crippen LogP contribution in [-0.2, 0) is 5.54 Å². The SMILES string of the molecule is Cc1c(C(=O)O)cccc1C(=O)NC1(c2ncccn2)CC1. The minimum absolute atomic E-state index is 0.133. The summed E-state index contributed by atoms with van der Waals surface area (Å²) in [5.41, 5.74) is 0.428. The molecule has 6 nitrogen and oxygen atoms in total. The maximum Gasteiger partial charge on any atom is 0.335 e. The molecule has 1 aliphatic carbocycles. The fraction of sp³-hybridized carbons (Fsp3) is 0.250. The van der Waals surface area contributed by atoms with Gasteiger partial charge in [-0.05, 0) is 43.5 Å². The van der Waals surface area contributed by atoms with Crippen LogP contribution in [0.3, 0.4) is 0 Å². The maximum absolute atomic E-state index is 12.5. The number of carbonyl (C=O) groups excluding carboxylic acids is 1. The molecule has 0 aliphatic heterocycles. The minimum Gasteiger partial charge on any atom is -0.478 e. The molecule has 0 bridgehead atoms. The summed E-state index contributed by atoms with van der Waals surface area (Å²) in [5, 5.41) is 12.1. The number of rotatable bonds is 4. The van der Waals surface area contributed by atoms with Crippen LogP contribution in [0.5, 0.6) is 0 Å². The van der Waals surface area contributed by atoms with Crippen LogP contribution < -0.4 is 5.32 Å². The van der Waals surface area contributed by atoms with Crippen LogP contribution in [0.4, 0.5) is 0 Å². The first kappa shape index (κ1) is 14.2. The summed E-state index contributed by atoms with van der Waals surface area (Å²) in [7, 11) is 0. The third kappa shape index (κ3) is 2.43. The smallest absolute Gasteiger partial charge is 0.335 e. The lowest BCUT2D eigenvalue weighted by molar-refractivity contribution is 0.0696. The van der Waals surface area contributed by atoms with Gasteiger partial charge < -0.3 is 10.4 Å². The van der Waals surface area contributed by atoms with Crippen molar-refractivity contribution in [1.82, 2.24) is 15.3 Å². The highest BCUT2D eigenvalue weighted by molar-refractivity contribution is 6.00. The molecule has 3 rings (SSSR count). The number of carboxylic acids is 1. The number of hydrogen-bond donors (Lipinski definition) is 2. The van der Waals surface area contributed by atoms with Crippen LogP contribution in [0, 0.1) is 6.92 Å². The average Bonchev–Trinajstić information content (AvgIpc) is 3.29. The summed E-state index contributed by atoms with van der Waals surface area (Å²) in [5.74, 6) is -0.749. The number of carbonyl (C=O) groups is 2. The topological polar surface area (TPSA) is 92.2 Å². The number of nitrogens with zero attached hydrogens (tertiary/aromatic N) is 2. The normalized spacial score (nSPS) is 15.1. The molecule has 112 valence electrons. The zero-order valence-electron chi connectivity index (χ0n) is 12.0. The lowest BCUT2D eigenvalue weighted by Crippen LogP contribution is -2.36. The Bertz CT molecular complexity index is 740. The van der Waals surface area contributed by atoms with Crippen molar-refractivity contribution in [3.05, 3.63) is 59.2 Å². The molecule has 2 aromatic rings. The van der Waals surface area contributed by atoms with Gasteiger partial charge in [0.2, 0.25) is 0 Å². The third-order valence-electron chi connectivity index (χ3n) is 3.91. The van der Waals surface area contributed by atoms with Crippen LogP contribution in [0.15, 0.2) is 36.7 Å². The second kappa shape index (κ2) is 5.22. The van der Waals surface area contributed by atoms with Gasteiger partial charge in [0.05, 0.1) is 5.56 Å². The highest BCUT2D eigenvalue weighted by Crippen LogP contribution is 2.43. The van der Waals surface area contributed by atoms with E-state index < -0.39 is 11.5 Å². The first-order valence-corrected chi connectivity index (χ1v) is 6.96. The standard InChI is InChI=1S/C16H15N3O3/c1-10-11(4-2-5-12(10)14(21)22)13(20)19-16(6-7-16)15-17-8-3-9-18-15/h2-5,8-9H,6-7H2,1H3,(H,19,20)(H,21,22). The fourth-order valence-electron chi connectivity index (χ4n) is 2.47. The Morgan fingerprint density at radius 2 is 1.77 bits per heavy atom. The van der Waals surface area contributed by atoms with Gasteiger partial charge in [0.25, 0.3) is 5.91 Å². The number of aromatic nitrogens is 2. The van der Waals surface area contributed by atoms with Crippen molar-refractivity contribution in [2.24, 2.45) is 0 Å². The highest BCUT2D eigenvalue weighted by Gasteiger charge is 2.48. The van der Waals surface area contributed by atoms with Crippen molar-refractivity contribution in [1.29, 1.82) is 0 Å². The Labute approximate surface area is 127 Å². The number of amides is 1. The predicted molar refractivity (Wildman–Crippen MR) is 78.5 cm³/mol. The molecule has 1 fully saturated rings. The van der Waals surface area contributed by atoms with Crippen LogP contribution in [-0.4, -0.2) is 27.0 Å². The van der Waals surface area contributed by atoms with Gasteiger partial charge in [0, 0.05) is 18.0 Å². The number of aromatic carboxylic acids is 1. The zero-order valence-corrected chi connectivity index (χ0v) is 12.0. The zero-order chi connectivity index (χ0) is 15.7. The molecule has 22 heavy (non-hydrogen) atoms. The third-order valence-corrected chi connectivity index (χ3v) is 3.91. The summed E-state index contributed by atoms with van der Waals surface area (Å²) in [6, 6.07) is 6.41. The van der Waals surface area contributed by atoms with Crippen molar-refractivity contribution in [2.45, 2.75) is 25.3 Å². The van der Waals surface area contributed by atoms with Gasteiger partial charge in [0.1, 0.15) is 5.54 Å². The molecule has 1 aromatic heterocycles. The molecular weight excluding hydrogens is 282 g/mol. The van der Waals surface area contributed by atoms with E-state index in [0.29, 0.717) is 17.0 Å². The Morgan fingerprint density at radius 3 is 2.36 bits per heavy atom. The van der Waals surface area contributed by atoms with Gasteiger partial charge in [-0.1, -0.05) is 6.07 Å². The molecule has 1 heterocycles. The van der Waals surface area contributed by atoms with E-state index in [1.165, 1.54) is 6.07 Å². The number of nitrogens with one attached hydrogen (secondary N) is 1. The largest absolute Gasteiger partial charge is 0.478 e. The van der Waals surface area contributed by atoms with Crippen LogP contribution in [0.25, 0.3) is 0 Å². The average molecular weight is 297 g/mol. The van der Waals surface area contributed by atoms with Gasteiger partial charge in [-0.2, -0.15) is 0 Å². The van der Waals surface area contributed by atoms with Crippen LogP contribution in [0.1, 0.15) is 44.9 Å². The van der Waals surface area contributed by atoms with Gasteiger partial charge in [-0.25, -0.2) is 14.8 Å². The van der Waals surface area contributed by atoms with Crippen molar-refractivity contribution in [2.75, 3.05) is 0 Å². The quantitative estimate of drug-likeness (QED) is 0.899. The molecule has 0 saturated heterocycles.